The summed E-state index contributed by atoms with van der Waals surface area (Å²) >= 11 is 0. The van der Waals surface area contributed by atoms with Crippen molar-refractivity contribution in [3.8, 4) is 0 Å². The molecule has 0 radical (unpaired) electrons. The first-order valence-corrected chi connectivity index (χ1v) is 7.90. The summed E-state index contributed by atoms with van der Waals surface area (Å²) in [4.78, 5) is 14.7. The third-order valence-electron chi connectivity index (χ3n) is 4.24. The van der Waals surface area contributed by atoms with E-state index < -0.39 is 0 Å². The summed E-state index contributed by atoms with van der Waals surface area (Å²) in [6.07, 6.45) is 1.95. The Morgan fingerprint density at radius 1 is 1.36 bits per heavy atom. The lowest BCUT2D eigenvalue weighted by Gasteiger charge is -2.23. The van der Waals surface area contributed by atoms with Crippen LogP contribution < -0.4 is 0 Å². The minimum absolute atomic E-state index is 0.0317. The number of aryl methyl sites for hydroxylation is 1. The highest BCUT2D eigenvalue weighted by Crippen LogP contribution is 2.33. The van der Waals surface area contributed by atoms with Gasteiger partial charge in [-0.25, -0.2) is 0 Å². The number of hydrogen-bond acceptors (Lipinski definition) is 3. The first kappa shape index (κ1) is 14.8. The highest BCUT2D eigenvalue weighted by molar-refractivity contribution is 5.94. The molecule has 2 aromatic rings. The van der Waals surface area contributed by atoms with Crippen LogP contribution >= 0.6 is 0 Å². The van der Waals surface area contributed by atoms with Crippen LogP contribution in [0.2, 0.25) is 0 Å². The molecule has 3 rings (SSSR count). The summed E-state index contributed by atoms with van der Waals surface area (Å²) < 4.78 is 5.40. The maximum absolute atomic E-state index is 12.8. The maximum atomic E-state index is 12.8. The van der Waals surface area contributed by atoms with Gasteiger partial charge in [0, 0.05) is 24.1 Å². The van der Waals surface area contributed by atoms with Crippen molar-refractivity contribution in [2.24, 2.45) is 0 Å². The Morgan fingerprint density at radius 3 is 2.86 bits per heavy atom. The van der Waals surface area contributed by atoms with Crippen LogP contribution in [0.25, 0.3) is 0 Å². The van der Waals surface area contributed by atoms with Crippen molar-refractivity contribution in [1.29, 1.82) is 0 Å². The zero-order valence-corrected chi connectivity index (χ0v) is 13.4. The zero-order chi connectivity index (χ0) is 15.7. The van der Waals surface area contributed by atoms with Crippen molar-refractivity contribution in [1.82, 2.24) is 10.1 Å². The normalized spacial score (nSPS) is 18.2. The lowest BCUT2D eigenvalue weighted by Crippen LogP contribution is -2.30. The number of rotatable bonds is 3. The van der Waals surface area contributed by atoms with Gasteiger partial charge >= 0.3 is 0 Å². The van der Waals surface area contributed by atoms with E-state index in [1.807, 2.05) is 42.2 Å². The van der Waals surface area contributed by atoms with Crippen molar-refractivity contribution in [3.63, 3.8) is 0 Å². The third kappa shape index (κ3) is 2.78. The highest BCUT2D eigenvalue weighted by atomic mass is 16.5. The average molecular weight is 298 g/mol. The Bertz CT molecular complexity index is 675. The van der Waals surface area contributed by atoms with Crippen molar-refractivity contribution in [3.05, 3.63) is 52.9 Å². The highest BCUT2D eigenvalue weighted by Gasteiger charge is 2.33. The van der Waals surface area contributed by atoms with E-state index in [9.17, 15) is 4.79 Å². The number of carbonyl (C=O) groups is 1. The second kappa shape index (κ2) is 5.95. The first-order chi connectivity index (χ1) is 10.6. The van der Waals surface area contributed by atoms with E-state index in [2.05, 4.69) is 19.0 Å². The second-order valence-electron chi connectivity index (χ2n) is 6.33. The lowest BCUT2D eigenvalue weighted by atomic mass is 10.1. The molecular formula is C18H22N2O2. The number of hydrogen-bond donors (Lipinski definition) is 0. The molecular weight excluding hydrogens is 276 g/mol. The molecule has 1 atom stereocenters. The molecule has 1 aliphatic heterocycles. The second-order valence-corrected chi connectivity index (χ2v) is 6.33. The van der Waals surface area contributed by atoms with Crippen LogP contribution in [0.1, 0.15) is 66.0 Å². The molecule has 2 heterocycles. The number of aromatic nitrogens is 1. The largest absolute Gasteiger partial charge is 0.361 e. The molecule has 1 aliphatic rings. The quantitative estimate of drug-likeness (QED) is 0.857. The number of benzene rings is 1. The van der Waals surface area contributed by atoms with Crippen LogP contribution in [0.3, 0.4) is 0 Å². The first-order valence-electron chi connectivity index (χ1n) is 7.90. The van der Waals surface area contributed by atoms with Crippen LogP contribution in [0.4, 0.5) is 0 Å². The smallest absolute Gasteiger partial charge is 0.254 e. The van der Waals surface area contributed by atoms with Crippen LogP contribution in [0, 0.1) is 6.92 Å². The van der Waals surface area contributed by atoms with Gasteiger partial charge in [0.05, 0.1) is 6.04 Å². The van der Waals surface area contributed by atoms with Gasteiger partial charge in [0.25, 0.3) is 5.91 Å². The summed E-state index contributed by atoms with van der Waals surface area (Å²) in [6.45, 7) is 6.94. The van der Waals surface area contributed by atoms with Crippen molar-refractivity contribution in [2.75, 3.05) is 6.54 Å². The summed E-state index contributed by atoms with van der Waals surface area (Å²) in [6, 6.07) is 9.79. The number of likely N-dealkylation sites (tertiary alicyclic amines) is 1. The molecule has 0 bridgehead atoms. The molecule has 0 N–H and O–H groups in total. The molecule has 0 spiro atoms. The third-order valence-corrected chi connectivity index (χ3v) is 4.24. The van der Waals surface area contributed by atoms with E-state index in [0.717, 1.165) is 42.0 Å². The average Bonchev–Trinajstić information content (AvgIpc) is 3.15. The fraction of sp³-hybridized carbons (Fsp3) is 0.444. The Labute approximate surface area is 131 Å². The molecule has 0 saturated carbocycles. The van der Waals surface area contributed by atoms with Crippen LogP contribution in [0.5, 0.6) is 0 Å². The molecule has 4 heteroatoms. The molecule has 1 unspecified atom stereocenters. The van der Waals surface area contributed by atoms with E-state index in [-0.39, 0.29) is 11.9 Å². The van der Waals surface area contributed by atoms with Gasteiger partial charge in [0.15, 0.2) is 0 Å². The van der Waals surface area contributed by atoms with E-state index in [1.54, 1.807) is 0 Å². The van der Waals surface area contributed by atoms with Crippen molar-refractivity contribution >= 4 is 5.91 Å². The molecule has 1 fully saturated rings. The Balaban J connectivity index is 1.84. The molecule has 22 heavy (non-hydrogen) atoms. The van der Waals surface area contributed by atoms with Gasteiger partial charge in [-0.1, -0.05) is 36.7 Å². The van der Waals surface area contributed by atoms with Crippen LogP contribution in [0.15, 0.2) is 34.9 Å². The summed E-state index contributed by atoms with van der Waals surface area (Å²) in [5.41, 5.74) is 2.73. The minimum Gasteiger partial charge on any atom is -0.361 e. The van der Waals surface area contributed by atoms with Gasteiger partial charge in [0.1, 0.15) is 11.5 Å². The van der Waals surface area contributed by atoms with Crippen molar-refractivity contribution in [2.45, 2.75) is 45.6 Å². The fourth-order valence-corrected chi connectivity index (χ4v) is 2.99. The van der Waals surface area contributed by atoms with Crippen LogP contribution in [-0.2, 0) is 0 Å². The van der Waals surface area contributed by atoms with Gasteiger partial charge in [-0.05, 0) is 31.9 Å². The summed E-state index contributed by atoms with van der Waals surface area (Å²) in [7, 11) is 0. The van der Waals surface area contributed by atoms with Gasteiger partial charge in [-0.3, -0.25) is 4.79 Å². The molecule has 1 saturated heterocycles. The van der Waals surface area contributed by atoms with Gasteiger partial charge in [-0.2, -0.15) is 0 Å². The Kier molecular flexibility index (Phi) is 4.01. The summed E-state index contributed by atoms with van der Waals surface area (Å²) in [5.74, 6) is 1.27. The lowest BCUT2D eigenvalue weighted by molar-refractivity contribution is 0.0730. The van der Waals surface area contributed by atoms with E-state index in [4.69, 9.17) is 4.52 Å². The predicted molar refractivity (Wildman–Crippen MR) is 84.8 cm³/mol. The molecule has 0 aliphatic carbocycles. The monoisotopic (exact) mass is 298 g/mol. The molecule has 1 aromatic carbocycles. The number of nitrogens with zero attached hydrogens (tertiary/aromatic N) is 2. The van der Waals surface area contributed by atoms with Gasteiger partial charge in [0.2, 0.25) is 0 Å². The summed E-state index contributed by atoms with van der Waals surface area (Å²) in [5, 5.41) is 4.19. The maximum Gasteiger partial charge on any atom is 0.254 e. The van der Waals surface area contributed by atoms with Crippen molar-refractivity contribution < 1.29 is 9.32 Å². The topological polar surface area (TPSA) is 46.3 Å². The molecule has 1 aromatic heterocycles. The molecule has 1 amide bonds. The number of carbonyl (C=O) groups excluding carboxylic acids is 1. The van der Waals surface area contributed by atoms with E-state index in [0.29, 0.717) is 5.92 Å². The minimum atomic E-state index is 0.0317. The fourth-order valence-electron chi connectivity index (χ4n) is 2.99. The van der Waals surface area contributed by atoms with E-state index >= 15 is 0 Å². The van der Waals surface area contributed by atoms with E-state index in [1.165, 1.54) is 0 Å². The Hall–Kier alpha value is -2.10. The van der Waals surface area contributed by atoms with Gasteiger partial charge in [-0.15, -0.1) is 0 Å². The van der Waals surface area contributed by atoms with Crippen LogP contribution in [-0.4, -0.2) is 22.5 Å². The Morgan fingerprint density at radius 2 is 2.18 bits per heavy atom. The predicted octanol–water partition coefficient (Wildman–Crippen LogP) is 4.08. The molecule has 116 valence electrons. The number of amides is 1. The molecule has 4 nitrogen and oxygen atoms in total. The van der Waals surface area contributed by atoms with Gasteiger partial charge < -0.3 is 9.42 Å². The zero-order valence-electron chi connectivity index (χ0n) is 13.4. The standard InChI is InChI=1S/C18H22N2O2/c1-12(2)17-11-15(19-22-17)16-8-5-9-20(16)18(21)14-7-4-6-13(3)10-14/h4,6-7,10-12,16H,5,8-9H2,1-3H3. The SMILES string of the molecule is Cc1cccc(C(=O)N2CCCC2c2cc(C(C)C)on2)c1.